The van der Waals surface area contributed by atoms with Gasteiger partial charge in [-0.2, -0.15) is 10.2 Å². The van der Waals surface area contributed by atoms with E-state index in [-0.39, 0.29) is 11.6 Å². The number of aliphatic hydroxyl groups excluding tert-OH is 1. The van der Waals surface area contributed by atoms with Crippen LogP contribution in [0.4, 0.5) is 15.4 Å². The second kappa shape index (κ2) is 11.8. The van der Waals surface area contributed by atoms with Gasteiger partial charge in [0.05, 0.1) is 24.1 Å². The van der Waals surface area contributed by atoms with Crippen molar-refractivity contribution in [2.75, 3.05) is 12.0 Å². The number of aliphatic hydroxyl groups is 1. The molecule has 4 aromatic rings. The lowest BCUT2D eigenvalue weighted by Gasteiger charge is -2.28. The molecule has 0 aliphatic rings. The first-order valence-corrected chi connectivity index (χ1v) is 13.9. The first kappa shape index (κ1) is 30.4. The normalized spacial score (nSPS) is 12.4. The molecule has 0 saturated heterocycles. The summed E-state index contributed by atoms with van der Waals surface area (Å²) in [7, 11) is 1.52. The Balaban J connectivity index is 1.98. The molecule has 11 heteroatoms. The number of hydrogen-bond donors (Lipinski definition) is 1. The molecular formula is C31H32N4O6S. The Hall–Kier alpha value is -4.53. The fourth-order valence-electron chi connectivity index (χ4n) is 4.00. The van der Waals surface area contributed by atoms with Crippen molar-refractivity contribution in [3.05, 3.63) is 70.6 Å². The average Bonchev–Trinajstić information content (AvgIpc) is 3.35. The molecule has 218 valence electrons. The van der Waals surface area contributed by atoms with Gasteiger partial charge in [-0.15, -0.1) is 11.3 Å². The number of methoxy groups -OCH3 is 1. The van der Waals surface area contributed by atoms with E-state index in [9.17, 15) is 20.0 Å². The summed E-state index contributed by atoms with van der Waals surface area (Å²) in [6.45, 7) is 10.1. The second-order valence-corrected chi connectivity index (χ2v) is 12.4. The second-order valence-electron chi connectivity index (χ2n) is 11.4. The highest BCUT2D eigenvalue weighted by Gasteiger charge is 2.36. The first-order valence-electron chi connectivity index (χ1n) is 13.1. The van der Waals surface area contributed by atoms with Gasteiger partial charge in [0, 0.05) is 16.0 Å². The Morgan fingerprint density at radius 3 is 2.19 bits per heavy atom. The number of hydrogen-bond acceptors (Lipinski definition) is 10. The van der Waals surface area contributed by atoms with Crippen LogP contribution < -0.4 is 9.64 Å². The summed E-state index contributed by atoms with van der Waals surface area (Å²) in [6, 6.07) is 17.4. The zero-order valence-electron chi connectivity index (χ0n) is 24.5. The van der Waals surface area contributed by atoms with E-state index in [0.717, 1.165) is 4.90 Å². The minimum atomic E-state index is -1.10. The first-order chi connectivity index (χ1) is 19.7. The van der Waals surface area contributed by atoms with Crippen molar-refractivity contribution in [2.45, 2.75) is 58.8 Å². The van der Waals surface area contributed by atoms with Crippen molar-refractivity contribution in [2.24, 2.45) is 0 Å². The number of anilines is 1. The largest absolute Gasteiger partial charge is 0.496 e. The van der Waals surface area contributed by atoms with Crippen LogP contribution in [0.3, 0.4) is 0 Å². The lowest BCUT2D eigenvalue weighted by Crippen LogP contribution is -2.44. The van der Waals surface area contributed by atoms with Gasteiger partial charge in [-0.3, -0.25) is 0 Å². The molecule has 0 radical (unpaired) electrons. The Kier molecular flexibility index (Phi) is 8.52. The molecule has 1 atom stereocenters. The van der Waals surface area contributed by atoms with E-state index in [4.69, 9.17) is 19.2 Å². The lowest BCUT2D eigenvalue weighted by atomic mass is 10.1. The summed E-state index contributed by atoms with van der Waals surface area (Å²) < 4.78 is 16.6. The molecule has 10 nitrogen and oxygen atoms in total. The minimum Gasteiger partial charge on any atom is -0.496 e. The fourth-order valence-corrected chi connectivity index (χ4v) is 5.03. The maximum absolute atomic E-state index is 13.6. The van der Waals surface area contributed by atoms with Crippen molar-refractivity contribution in [1.82, 2.24) is 9.97 Å². The monoisotopic (exact) mass is 588 g/mol. The topological polar surface area (TPSA) is 135 Å². The number of nitriles is 1. The number of imide groups is 1. The number of carbonyl (C=O) groups is 2. The standard InChI is InChI=1S/C31H32N4O6S/c1-30(2,3)40-28(37)35(29(38)41-31(4,5)6)26-21-16-23(24(36)20-13-8-9-14-22(20)39-7)42-27(21)34-25(33-26)19-12-10-11-18(15-19)17-32/h8-16,24,36H,1-7H3. The molecule has 1 N–H and O–H groups in total. The molecule has 42 heavy (non-hydrogen) atoms. The van der Waals surface area contributed by atoms with Crippen LogP contribution in [-0.4, -0.2) is 45.6 Å². The molecular weight excluding hydrogens is 556 g/mol. The van der Waals surface area contributed by atoms with E-state index in [1.54, 1.807) is 96.1 Å². The zero-order valence-corrected chi connectivity index (χ0v) is 25.3. The molecule has 0 aliphatic heterocycles. The van der Waals surface area contributed by atoms with Crippen LogP contribution in [0, 0.1) is 11.3 Å². The summed E-state index contributed by atoms with van der Waals surface area (Å²) in [4.78, 5) is 38.1. The Morgan fingerprint density at radius 2 is 1.60 bits per heavy atom. The zero-order chi connectivity index (χ0) is 30.8. The van der Waals surface area contributed by atoms with Gasteiger partial charge in [0.2, 0.25) is 0 Å². The molecule has 0 bridgehead atoms. The van der Waals surface area contributed by atoms with Gasteiger partial charge in [-0.1, -0.05) is 30.3 Å². The van der Waals surface area contributed by atoms with E-state index < -0.39 is 29.5 Å². The number of amides is 2. The Labute approximate surface area is 248 Å². The predicted molar refractivity (Wildman–Crippen MR) is 160 cm³/mol. The van der Waals surface area contributed by atoms with Crippen molar-refractivity contribution in [1.29, 1.82) is 5.26 Å². The quantitative estimate of drug-likeness (QED) is 0.261. The van der Waals surface area contributed by atoms with Gasteiger partial charge < -0.3 is 19.3 Å². The Morgan fingerprint density at radius 1 is 0.952 bits per heavy atom. The molecule has 2 amide bonds. The smallest absolute Gasteiger partial charge is 0.425 e. The van der Waals surface area contributed by atoms with Gasteiger partial charge in [0.25, 0.3) is 0 Å². The van der Waals surface area contributed by atoms with Gasteiger partial charge in [0.1, 0.15) is 27.9 Å². The molecule has 2 aromatic carbocycles. The number of aromatic nitrogens is 2. The number of rotatable bonds is 5. The van der Waals surface area contributed by atoms with Gasteiger partial charge in [-0.25, -0.2) is 19.6 Å². The predicted octanol–water partition coefficient (Wildman–Crippen LogP) is 7.00. The summed E-state index contributed by atoms with van der Waals surface area (Å²) in [5.41, 5.74) is -0.474. The van der Waals surface area contributed by atoms with Crippen LogP contribution in [-0.2, 0) is 9.47 Å². The number of fused-ring (bicyclic) bond motifs is 1. The third-order valence-corrected chi connectivity index (χ3v) is 6.79. The molecule has 2 aromatic heterocycles. The molecule has 1 unspecified atom stereocenters. The van der Waals surface area contributed by atoms with E-state index >= 15 is 0 Å². The van der Waals surface area contributed by atoms with E-state index in [1.807, 2.05) is 0 Å². The van der Waals surface area contributed by atoms with Crippen LogP contribution in [0.5, 0.6) is 5.75 Å². The number of para-hydroxylation sites is 1. The highest BCUT2D eigenvalue weighted by molar-refractivity contribution is 7.18. The Bertz CT molecular complexity index is 1650. The van der Waals surface area contributed by atoms with Crippen LogP contribution in [0.25, 0.3) is 21.6 Å². The SMILES string of the molecule is COc1ccccc1C(O)c1cc2c(N(C(=O)OC(C)(C)C)C(=O)OC(C)(C)C)nc(-c3cccc(C#N)c3)nc2s1. The van der Waals surface area contributed by atoms with Crippen molar-refractivity contribution in [3.8, 4) is 23.2 Å². The third-order valence-electron chi connectivity index (χ3n) is 5.71. The van der Waals surface area contributed by atoms with Crippen LogP contribution in [0.1, 0.15) is 63.7 Å². The molecule has 0 aliphatic carbocycles. The number of ether oxygens (including phenoxy) is 3. The van der Waals surface area contributed by atoms with Crippen LogP contribution in [0.2, 0.25) is 0 Å². The molecule has 0 fully saturated rings. The van der Waals surface area contributed by atoms with Crippen molar-refractivity contribution in [3.63, 3.8) is 0 Å². The maximum atomic E-state index is 13.6. The highest BCUT2D eigenvalue weighted by Crippen LogP contribution is 2.40. The summed E-state index contributed by atoms with van der Waals surface area (Å²) >= 11 is 1.17. The minimum absolute atomic E-state index is 0.0874. The van der Waals surface area contributed by atoms with Crippen LogP contribution >= 0.6 is 11.3 Å². The summed E-state index contributed by atoms with van der Waals surface area (Å²) in [5, 5.41) is 21.1. The third kappa shape index (κ3) is 6.84. The van der Waals surface area contributed by atoms with Crippen molar-refractivity contribution < 1.29 is 28.9 Å². The van der Waals surface area contributed by atoms with E-state index in [0.29, 0.717) is 37.5 Å². The number of nitrogens with zero attached hydrogens (tertiary/aromatic N) is 4. The number of carbonyl (C=O) groups excluding carboxylic acids is 2. The summed E-state index contributed by atoms with van der Waals surface area (Å²) in [6.07, 6.45) is -3.09. The van der Waals surface area contributed by atoms with Gasteiger partial charge >= 0.3 is 12.2 Å². The highest BCUT2D eigenvalue weighted by atomic mass is 32.1. The van der Waals surface area contributed by atoms with Crippen LogP contribution in [0.15, 0.2) is 54.6 Å². The van der Waals surface area contributed by atoms with E-state index in [2.05, 4.69) is 11.1 Å². The van der Waals surface area contributed by atoms with E-state index in [1.165, 1.54) is 18.4 Å². The molecule has 0 spiro atoms. The van der Waals surface area contributed by atoms with Gasteiger partial charge in [0.15, 0.2) is 11.6 Å². The lowest BCUT2D eigenvalue weighted by molar-refractivity contribution is 0.0429. The summed E-state index contributed by atoms with van der Waals surface area (Å²) in [5.74, 6) is 0.564. The maximum Gasteiger partial charge on any atom is 0.425 e. The number of benzene rings is 2. The number of thiophene rings is 1. The fraction of sp³-hybridized carbons (Fsp3) is 0.323. The molecule has 4 rings (SSSR count). The average molecular weight is 589 g/mol. The molecule has 2 heterocycles. The molecule has 0 saturated carbocycles. The van der Waals surface area contributed by atoms with Crippen molar-refractivity contribution >= 4 is 39.6 Å². The van der Waals surface area contributed by atoms with Gasteiger partial charge in [-0.05, 0) is 65.8 Å².